The van der Waals surface area contributed by atoms with E-state index in [0.29, 0.717) is 17.7 Å². The lowest BCUT2D eigenvalue weighted by atomic mass is 9.81. The van der Waals surface area contributed by atoms with Crippen LogP contribution in [0.5, 0.6) is 5.75 Å². The first kappa shape index (κ1) is 20.1. The summed E-state index contributed by atoms with van der Waals surface area (Å²) in [6.45, 7) is -0.384. The van der Waals surface area contributed by atoms with Crippen LogP contribution in [0.4, 0.5) is 5.69 Å². The highest BCUT2D eigenvalue weighted by Gasteiger charge is 2.33. The Morgan fingerprint density at radius 3 is 2.10 bits per heavy atom. The van der Waals surface area contributed by atoms with Gasteiger partial charge in [0.05, 0.1) is 11.8 Å². The lowest BCUT2D eigenvalue weighted by molar-refractivity contribution is -0.484. The molecular formula is C23H22N2O4. The average molecular weight is 390 g/mol. The van der Waals surface area contributed by atoms with Crippen molar-refractivity contribution in [1.82, 2.24) is 0 Å². The van der Waals surface area contributed by atoms with Gasteiger partial charge in [-0.15, -0.1) is 0 Å². The zero-order valence-corrected chi connectivity index (χ0v) is 15.8. The lowest BCUT2D eigenvalue weighted by Gasteiger charge is -2.24. The molecule has 3 aromatic rings. The normalized spacial score (nSPS) is 12.7. The topological polar surface area (TPSA) is 92.5 Å². The number of hydrogen-bond donors (Lipinski definition) is 2. The largest absolute Gasteiger partial charge is 0.508 e. The zero-order chi connectivity index (χ0) is 20.6. The molecule has 0 spiro atoms. The Hall–Kier alpha value is -3.67. The van der Waals surface area contributed by atoms with Gasteiger partial charge in [0.2, 0.25) is 12.5 Å². The molecule has 0 saturated heterocycles. The highest BCUT2D eigenvalue weighted by Crippen LogP contribution is 2.30. The number of nitro groups is 1. The van der Waals surface area contributed by atoms with Crippen LogP contribution in [-0.2, 0) is 11.2 Å². The molecule has 0 saturated carbocycles. The number of anilines is 1. The molecule has 6 nitrogen and oxygen atoms in total. The van der Waals surface area contributed by atoms with Crippen LogP contribution in [0.1, 0.15) is 17.0 Å². The molecule has 148 valence electrons. The van der Waals surface area contributed by atoms with E-state index >= 15 is 0 Å². The molecule has 2 N–H and O–H groups in total. The Kier molecular flexibility index (Phi) is 6.58. The van der Waals surface area contributed by atoms with Crippen LogP contribution >= 0.6 is 0 Å². The average Bonchev–Trinajstić information content (AvgIpc) is 2.72. The molecule has 0 fully saturated rings. The van der Waals surface area contributed by atoms with Crippen molar-refractivity contribution in [2.45, 2.75) is 12.3 Å². The Balaban J connectivity index is 1.96. The van der Waals surface area contributed by atoms with Gasteiger partial charge in [-0.2, -0.15) is 0 Å². The van der Waals surface area contributed by atoms with E-state index in [0.717, 1.165) is 5.56 Å². The first-order valence-corrected chi connectivity index (χ1v) is 9.33. The van der Waals surface area contributed by atoms with Crippen molar-refractivity contribution in [3.63, 3.8) is 0 Å². The van der Waals surface area contributed by atoms with Crippen molar-refractivity contribution >= 4 is 11.6 Å². The fraction of sp³-hybridized carbons (Fsp3) is 0.174. The number of amides is 1. The summed E-state index contributed by atoms with van der Waals surface area (Å²) < 4.78 is 0. The number of hydrogen-bond acceptors (Lipinski definition) is 4. The standard InChI is InChI=1S/C23H22N2O4/c26-20-13-11-18(12-14-20)22(16-25(28)29)21(15-17-7-3-1-4-8-17)23(27)24-19-9-5-2-6-10-19/h1-14,21-22,26H,15-16H2,(H,24,27). The van der Waals surface area contributed by atoms with Crippen LogP contribution in [0.15, 0.2) is 84.9 Å². The number of nitrogens with zero attached hydrogens (tertiary/aromatic N) is 1. The minimum absolute atomic E-state index is 0.0712. The first-order chi connectivity index (χ1) is 14.0. The SMILES string of the molecule is O=C(Nc1ccccc1)C(Cc1ccccc1)C(C[N+](=O)[O-])c1ccc(O)cc1. The Morgan fingerprint density at radius 2 is 1.52 bits per heavy atom. The number of benzene rings is 3. The number of carbonyl (C=O) groups is 1. The van der Waals surface area contributed by atoms with Crippen molar-refractivity contribution in [2.24, 2.45) is 5.92 Å². The third-order valence-electron chi connectivity index (χ3n) is 4.83. The van der Waals surface area contributed by atoms with Gasteiger partial charge in [0, 0.05) is 10.6 Å². The van der Waals surface area contributed by atoms with Gasteiger partial charge in [-0.1, -0.05) is 60.7 Å². The summed E-state index contributed by atoms with van der Waals surface area (Å²) in [5.41, 5.74) is 2.21. The van der Waals surface area contributed by atoms with Crippen LogP contribution in [0, 0.1) is 16.0 Å². The molecule has 3 aromatic carbocycles. The van der Waals surface area contributed by atoms with Crippen molar-refractivity contribution in [3.05, 3.63) is 106 Å². The number of phenols is 1. The smallest absolute Gasteiger partial charge is 0.228 e. The highest BCUT2D eigenvalue weighted by molar-refractivity contribution is 5.93. The molecule has 0 radical (unpaired) electrons. The lowest BCUT2D eigenvalue weighted by Crippen LogP contribution is -2.33. The van der Waals surface area contributed by atoms with Crippen LogP contribution in [0.25, 0.3) is 0 Å². The van der Waals surface area contributed by atoms with Crippen LogP contribution in [-0.4, -0.2) is 22.5 Å². The number of rotatable bonds is 8. The Labute approximate surface area is 169 Å². The zero-order valence-electron chi connectivity index (χ0n) is 15.8. The first-order valence-electron chi connectivity index (χ1n) is 9.33. The van der Waals surface area contributed by atoms with Crippen molar-refractivity contribution in [3.8, 4) is 5.75 Å². The van der Waals surface area contributed by atoms with Gasteiger partial charge in [0.1, 0.15) is 5.75 Å². The number of nitrogens with one attached hydrogen (secondary N) is 1. The molecule has 2 unspecified atom stereocenters. The second kappa shape index (κ2) is 9.50. The molecule has 2 atom stereocenters. The third-order valence-corrected chi connectivity index (χ3v) is 4.83. The maximum absolute atomic E-state index is 13.2. The molecule has 3 rings (SSSR count). The molecule has 0 aromatic heterocycles. The van der Waals surface area contributed by atoms with Gasteiger partial charge in [-0.25, -0.2) is 0 Å². The molecular weight excluding hydrogens is 368 g/mol. The number of aromatic hydroxyl groups is 1. The quantitative estimate of drug-likeness (QED) is 0.444. The molecule has 0 heterocycles. The summed E-state index contributed by atoms with van der Waals surface area (Å²) in [5.74, 6) is -1.51. The van der Waals surface area contributed by atoms with E-state index in [1.807, 2.05) is 48.5 Å². The van der Waals surface area contributed by atoms with E-state index in [1.54, 1.807) is 24.3 Å². The van der Waals surface area contributed by atoms with Crippen molar-refractivity contribution < 1.29 is 14.8 Å². The Bertz CT molecular complexity index is 944. The summed E-state index contributed by atoms with van der Waals surface area (Å²) in [5, 5.41) is 23.9. The molecule has 0 aliphatic rings. The molecule has 0 aliphatic heterocycles. The highest BCUT2D eigenvalue weighted by atomic mass is 16.6. The Morgan fingerprint density at radius 1 is 0.931 bits per heavy atom. The predicted molar refractivity (Wildman–Crippen MR) is 111 cm³/mol. The predicted octanol–water partition coefficient (Wildman–Crippen LogP) is 4.25. The van der Waals surface area contributed by atoms with E-state index in [2.05, 4.69) is 5.32 Å². The molecule has 0 aliphatic carbocycles. The van der Waals surface area contributed by atoms with Gasteiger partial charge in [-0.3, -0.25) is 14.9 Å². The molecule has 6 heteroatoms. The van der Waals surface area contributed by atoms with E-state index in [9.17, 15) is 20.0 Å². The maximum Gasteiger partial charge on any atom is 0.228 e. The second-order valence-electron chi connectivity index (χ2n) is 6.86. The monoisotopic (exact) mass is 390 g/mol. The fourth-order valence-electron chi connectivity index (χ4n) is 3.39. The minimum atomic E-state index is -0.660. The van der Waals surface area contributed by atoms with Gasteiger partial charge < -0.3 is 10.4 Å². The maximum atomic E-state index is 13.2. The molecule has 1 amide bonds. The third kappa shape index (κ3) is 5.65. The minimum Gasteiger partial charge on any atom is -0.508 e. The number of carbonyl (C=O) groups excluding carboxylic acids is 1. The van der Waals surface area contributed by atoms with Gasteiger partial charge in [0.25, 0.3) is 0 Å². The summed E-state index contributed by atoms with van der Waals surface area (Å²) in [6, 6.07) is 24.7. The van der Waals surface area contributed by atoms with Gasteiger partial charge in [0.15, 0.2) is 0 Å². The van der Waals surface area contributed by atoms with E-state index in [1.165, 1.54) is 12.1 Å². The summed E-state index contributed by atoms with van der Waals surface area (Å²) in [4.78, 5) is 24.2. The summed E-state index contributed by atoms with van der Waals surface area (Å²) in [6.07, 6.45) is 0.360. The number of para-hydroxylation sites is 1. The summed E-state index contributed by atoms with van der Waals surface area (Å²) >= 11 is 0. The van der Waals surface area contributed by atoms with Gasteiger partial charge in [-0.05, 0) is 41.8 Å². The van der Waals surface area contributed by atoms with Crippen LogP contribution in [0.3, 0.4) is 0 Å². The van der Waals surface area contributed by atoms with Crippen LogP contribution < -0.4 is 5.32 Å². The van der Waals surface area contributed by atoms with Crippen molar-refractivity contribution in [2.75, 3.05) is 11.9 Å². The van der Waals surface area contributed by atoms with Crippen molar-refractivity contribution in [1.29, 1.82) is 0 Å². The summed E-state index contributed by atoms with van der Waals surface area (Å²) in [7, 11) is 0. The van der Waals surface area contributed by atoms with Gasteiger partial charge >= 0.3 is 0 Å². The van der Waals surface area contributed by atoms with E-state index < -0.39 is 16.8 Å². The van der Waals surface area contributed by atoms with E-state index in [-0.39, 0.29) is 18.2 Å². The molecule has 0 bridgehead atoms. The van der Waals surface area contributed by atoms with E-state index in [4.69, 9.17) is 0 Å². The fourth-order valence-corrected chi connectivity index (χ4v) is 3.39. The number of phenolic OH excluding ortho intramolecular Hbond substituents is 1. The van der Waals surface area contributed by atoms with Crippen LogP contribution in [0.2, 0.25) is 0 Å². The second-order valence-corrected chi connectivity index (χ2v) is 6.86. The molecule has 29 heavy (non-hydrogen) atoms.